The van der Waals surface area contributed by atoms with Gasteiger partial charge >= 0.3 is 0 Å². The van der Waals surface area contributed by atoms with Crippen LogP contribution >= 0.6 is 15.9 Å². The smallest absolute Gasteiger partial charge is 0.231 e. The lowest BCUT2D eigenvalue weighted by Gasteiger charge is -2.10. The molecule has 0 bridgehead atoms. The zero-order valence-electron chi connectivity index (χ0n) is 8.49. The highest BCUT2D eigenvalue weighted by atomic mass is 79.9. The minimum atomic E-state index is 0.216. The van der Waals surface area contributed by atoms with Crippen LogP contribution in [0.1, 0.15) is 0 Å². The van der Waals surface area contributed by atoms with Crippen LogP contribution in [0.3, 0.4) is 0 Å². The first-order chi connectivity index (χ1) is 7.83. The Kier molecular flexibility index (Phi) is 2.14. The Labute approximate surface area is 100 Å². The quantitative estimate of drug-likeness (QED) is 0.806. The predicted octanol–water partition coefficient (Wildman–Crippen LogP) is 2.73. The molecule has 1 aliphatic heterocycles. The van der Waals surface area contributed by atoms with E-state index >= 15 is 0 Å². The Morgan fingerprint density at radius 3 is 2.94 bits per heavy atom. The molecule has 1 aromatic heterocycles. The van der Waals surface area contributed by atoms with Crippen LogP contribution < -0.4 is 14.2 Å². The molecule has 0 amide bonds. The third-order valence-corrected chi connectivity index (χ3v) is 3.31. The Morgan fingerprint density at radius 1 is 1.31 bits per heavy atom. The molecule has 5 heteroatoms. The predicted molar refractivity (Wildman–Crippen MR) is 62.1 cm³/mol. The highest BCUT2D eigenvalue weighted by Crippen LogP contribution is 2.51. The van der Waals surface area contributed by atoms with Crippen molar-refractivity contribution in [2.75, 3.05) is 13.9 Å². The molecule has 2 aromatic rings. The van der Waals surface area contributed by atoms with Gasteiger partial charge in [0.15, 0.2) is 11.5 Å². The Balaban J connectivity index is 2.48. The number of ether oxygens (including phenoxy) is 3. The molecular weight excluding hydrogens is 274 g/mol. The zero-order valence-corrected chi connectivity index (χ0v) is 10.1. The molecule has 16 heavy (non-hydrogen) atoms. The molecule has 0 aliphatic carbocycles. The summed E-state index contributed by atoms with van der Waals surface area (Å²) < 4.78 is 17.0. The number of nitrogens with zero attached hydrogens (tertiary/aromatic N) is 1. The van der Waals surface area contributed by atoms with Crippen LogP contribution in [0.15, 0.2) is 22.9 Å². The van der Waals surface area contributed by atoms with E-state index < -0.39 is 0 Å². The fourth-order valence-electron chi connectivity index (χ4n) is 1.82. The molecule has 0 fully saturated rings. The molecule has 1 aliphatic rings. The standard InChI is InChI=1S/C11H8BrNO3/c1-14-9-7-4-13-3-2-6(7)8(12)10-11(9)16-5-15-10/h2-4H,5H2,1H3. The number of hydrogen-bond acceptors (Lipinski definition) is 4. The number of pyridine rings is 1. The summed E-state index contributed by atoms with van der Waals surface area (Å²) in [5, 5.41) is 1.90. The van der Waals surface area contributed by atoms with E-state index in [0.717, 1.165) is 15.2 Å². The molecule has 4 nitrogen and oxygen atoms in total. The molecule has 82 valence electrons. The fourth-order valence-corrected chi connectivity index (χ4v) is 2.46. The number of fused-ring (bicyclic) bond motifs is 2. The van der Waals surface area contributed by atoms with Gasteiger partial charge in [-0.25, -0.2) is 0 Å². The van der Waals surface area contributed by atoms with Crippen molar-refractivity contribution in [1.29, 1.82) is 0 Å². The molecule has 0 atom stereocenters. The Morgan fingerprint density at radius 2 is 2.12 bits per heavy atom. The molecule has 0 spiro atoms. The van der Waals surface area contributed by atoms with E-state index in [1.807, 2.05) is 6.07 Å². The van der Waals surface area contributed by atoms with Crippen molar-refractivity contribution in [3.8, 4) is 17.2 Å². The minimum Gasteiger partial charge on any atom is -0.492 e. The van der Waals surface area contributed by atoms with Crippen LogP contribution in [0.2, 0.25) is 0 Å². The first kappa shape index (κ1) is 9.72. The van der Waals surface area contributed by atoms with Gasteiger partial charge in [0.1, 0.15) is 0 Å². The SMILES string of the molecule is COc1c2c(c(Br)c3ccncc13)OCO2. The number of benzene rings is 1. The third-order valence-electron chi connectivity index (χ3n) is 2.52. The zero-order chi connectivity index (χ0) is 11.1. The second-order valence-corrected chi connectivity index (χ2v) is 4.13. The van der Waals surface area contributed by atoms with E-state index in [4.69, 9.17) is 14.2 Å². The molecule has 1 aromatic carbocycles. The maximum Gasteiger partial charge on any atom is 0.231 e. The van der Waals surface area contributed by atoms with Crippen LogP contribution in [-0.4, -0.2) is 18.9 Å². The minimum absolute atomic E-state index is 0.216. The van der Waals surface area contributed by atoms with Crippen molar-refractivity contribution in [3.05, 3.63) is 22.9 Å². The van der Waals surface area contributed by atoms with Crippen molar-refractivity contribution < 1.29 is 14.2 Å². The second-order valence-electron chi connectivity index (χ2n) is 3.33. The average molecular weight is 282 g/mol. The molecular formula is C11H8BrNO3. The van der Waals surface area contributed by atoms with Gasteiger partial charge in [-0.2, -0.15) is 0 Å². The van der Waals surface area contributed by atoms with Gasteiger partial charge < -0.3 is 14.2 Å². The molecule has 0 radical (unpaired) electrons. The van der Waals surface area contributed by atoms with Crippen molar-refractivity contribution in [1.82, 2.24) is 4.98 Å². The summed E-state index contributed by atoms with van der Waals surface area (Å²) in [7, 11) is 1.61. The highest BCUT2D eigenvalue weighted by molar-refractivity contribution is 9.10. The monoisotopic (exact) mass is 281 g/mol. The van der Waals surface area contributed by atoms with Gasteiger partial charge in [-0.05, 0) is 22.0 Å². The molecule has 3 rings (SSSR count). The van der Waals surface area contributed by atoms with E-state index in [1.54, 1.807) is 19.5 Å². The lowest BCUT2D eigenvalue weighted by atomic mass is 10.1. The van der Waals surface area contributed by atoms with Gasteiger partial charge in [-0.1, -0.05) is 0 Å². The number of halogens is 1. The van der Waals surface area contributed by atoms with Crippen LogP contribution in [0.5, 0.6) is 17.2 Å². The van der Waals surface area contributed by atoms with Gasteiger partial charge in [0.25, 0.3) is 0 Å². The molecule has 0 N–H and O–H groups in total. The van der Waals surface area contributed by atoms with Gasteiger partial charge in [0.2, 0.25) is 12.5 Å². The Bertz CT molecular complexity index is 571. The second kappa shape index (κ2) is 3.52. The molecule has 0 unspecified atom stereocenters. The number of methoxy groups -OCH3 is 1. The maximum absolute atomic E-state index is 5.41. The molecule has 2 heterocycles. The number of hydrogen-bond donors (Lipinski definition) is 0. The van der Waals surface area contributed by atoms with E-state index in [0.29, 0.717) is 17.2 Å². The van der Waals surface area contributed by atoms with Crippen LogP contribution in [0, 0.1) is 0 Å². The van der Waals surface area contributed by atoms with Gasteiger partial charge in [0, 0.05) is 23.2 Å². The normalized spacial score (nSPS) is 13.1. The summed E-state index contributed by atoms with van der Waals surface area (Å²) in [5.41, 5.74) is 0. The fraction of sp³-hybridized carbons (Fsp3) is 0.182. The molecule has 0 saturated heterocycles. The number of rotatable bonds is 1. The highest BCUT2D eigenvalue weighted by Gasteiger charge is 2.25. The van der Waals surface area contributed by atoms with Crippen molar-refractivity contribution in [2.24, 2.45) is 0 Å². The number of aromatic nitrogens is 1. The van der Waals surface area contributed by atoms with E-state index in [2.05, 4.69) is 20.9 Å². The first-order valence-corrected chi connectivity index (χ1v) is 5.51. The third kappa shape index (κ3) is 1.18. The van der Waals surface area contributed by atoms with Crippen LogP contribution in [-0.2, 0) is 0 Å². The first-order valence-electron chi connectivity index (χ1n) is 4.71. The van der Waals surface area contributed by atoms with Crippen molar-refractivity contribution >= 4 is 26.7 Å². The summed E-state index contributed by atoms with van der Waals surface area (Å²) in [6.07, 6.45) is 3.48. The largest absolute Gasteiger partial charge is 0.492 e. The Hall–Kier alpha value is -1.49. The van der Waals surface area contributed by atoms with Crippen LogP contribution in [0.4, 0.5) is 0 Å². The maximum atomic E-state index is 5.41. The van der Waals surface area contributed by atoms with Crippen LogP contribution in [0.25, 0.3) is 10.8 Å². The van der Waals surface area contributed by atoms with E-state index in [-0.39, 0.29) is 6.79 Å². The van der Waals surface area contributed by atoms with Crippen molar-refractivity contribution in [3.63, 3.8) is 0 Å². The van der Waals surface area contributed by atoms with Gasteiger partial charge in [-0.15, -0.1) is 0 Å². The topological polar surface area (TPSA) is 40.6 Å². The summed E-state index contributed by atoms with van der Waals surface area (Å²) in [5.74, 6) is 1.99. The molecule has 0 saturated carbocycles. The van der Waals surface area contributed by atoms with E-state index in [1.165, 1.54) is 0 Å². The summed E-state index contributed by atoms with van der Waals surface area (Å²) in [6, 6.07) is 1.91. The lowest BCUT2D eigenvalue weighted by Crippen LogP contribution is -1.94. The van der Waals surface area contributed by atoms with Gasteiger partial charge in [0.05, 0.1) is 11.6 Å². The van der Waals surface area contributed by atoms with Gasteiger partial charge in [-0.3, -0.25) is 4.98 Å². The summed E-state index contributed by atoms with van der Waals surface area (Å²) in [6.45, 7) is 0.216. The summed E-state index contributed by atoms with van der Waals surface area (Å²) in [4.78, 5) is 4.09. The van der Waals surface area contributed by atoms with Crippen molar-refractivity contribution in [2.45, 2.75) is 0 Å². The average Bonchev–Trinajstić information content (AvgIpc) is 2.79. The lowest BCUT2D eigenvalue weighted by molar-refractivity contribution is 0.171. The van der Waals surface area contributed by atoms with E-state index in [9.17, 15) is 0 Å². The summed E-state index contributed by atoms with van der Waals surface area (Å²) >= 11 is 3.51.